The third kappa shape index (κ3) is 2.99. The van der Waals surface area contributed by atoms with Gasteiger partial charge in [0.05, 0.1) is 0 Å². The first-order chi connectivity index (χ1) is 8.43. The molecule has 2 N–H and O–H groups in total. The maximum Gasteiger partial charge on any atom is 0.298 e. The molecule has 0 unspecified atom stereocenters. The Morgan fingerprint density at radius 2 is 1.00 bits per heavy atom. The van der Waals surface area contributed by atoms with Gasteiger partial charge < -0.3 is 9.96 Å². The molecule has 0 atom stereocenters. The standard InChI is InChI=1S/C13H32N2OSi2/c1-7-17(8-2,9-3)15(13(14)16)18(10-4,11-5)12-6/h7-12H2,1-6H3,(H2,14,16). The highest BCUT2D eigenvalue weighted by molar-refractivity contribution is 6.95. The minimum absolute atomic E-state index is 0.135. The van der Waals surface area contributed by atoms with E-state index in [0.717, 1.165) is 36.3 Å². The van der Waals surface area contributed by atoms with Crippen LogP contribution in [-0.2, 0) is 0 Å². The number of hydrogen-bond donors (Lipinski definition) is 1. The predicted molar refractivity (Wildman–Crippen MR) is 85.8 cm³/mol. The third-order valence-corrected chi connectivity index (χ3v) is 18.2. The minimum atomic E-state index is -1.69. The van der Waals surface area contributed by atoms with Crippen molar-refractivity contribution >= 4 is 22.5 Å². The molecule has 0 fully saturated rings. The predicted octanol–water partition coefficient (Wildman–Crippen LogP) is 4.38. The fraction of sp³-hybridized carbons (Fsp3) is 0.923. The average Bonchev–Trinajstić information content (AvgIpc) is 2.40. The molecular formula is C13H32N2OSi2. The zero-order valence-corrected chi connectivity index (χ0v) is 15.2. The first kappa shape index (κ1) is 17.7. The number of primary amides is 1. The monoisotopic (exact) mass is 288 g/mol. The van der Waals surface area contributed by atoms with Crippen molar-refractivity contribution in [2.24, 2.45) is 5.73 Å². The Balaban J connectivity index is 5.73. The van der Waals surface area contributed by atoms with E-state index < -0.39 is 16.5 Å². The number of carbonyl (C=O) groups excluding carboxylic acids is 1. The second-order valence-corrected chi connectivity index (χ2v) is 15.7. The molecule has 0 saturated carbocycles. The lowest BCUT2D eigenvalue weighted by atomic mass is 10.9. The summed E-state index contributed by atoms with van der Waals surface area (Å²) < 4.78 is 2.29. The van der Waals surface area contributed by atoms with Gasteiger partial charge in [0.1, 0.15) is 0 Å². The zero-order chi connectivity index (χ0) is 14.4. The van der Waals surface area contributed by atoms with Gasteiger partial charge in [-0.3, -0.25) is 4.79 Å². The maximum absolute atomic E-state index is 12.2. The van der Waals surface area contributed by atoms with Crippen molar-refractivity contribution in [3.05, 3.63) is 0 Å². The van der Waals surface area contributed by atoms with Gasteiger partial charge in [-0.05, 0) is 36.3 Å². The first-order valence-electron chi connectivity index (χ1n) is 7.53. The SMILES string of the molecule is CC[Si](CC)(CC)N(C(N)=O)[Si](CC)(CC)CC. The molecule has 0 radical (unpaired) electrons. The Morgan fingerprint density at radius 1 is 0.778 bits per heavy atom. The minimum Gasteiger partial charge on any atom is -0.377 e. The van der Waals surface area contributed by atoms with E-state index >= 15 is 0 Å². The van der Waals surface area contributed by atoms with Crippen LogP contribution in [0, 0.1) is 0 Å². The van der Waals surface area contributed by atoms with Crippen molar-refractivity contribution in [2.45, 2.75) is 77.8 Å². The van der Waals surface area contributed by atoms with Gasteiger partial charge in [0.25, 0.3) is 6.03 Å². The summed E-state index contributed by atoms with van der Waals surface area (Å²) >= 11 is 0. The van der Waals surface area contributed by atoms with Gasteiger partial charge in [-0.1, -0.05) is 41.5 Å². The van der Waals surface area contributed by atoms with E-state index in [2.05, 4.69) is 45.8 Å². The number of nitrogens with zero attached hydrogens (tertiary/aromatic N) is 1. The molecule has 0 spiro atoms. The summed E-state index contributed by atoms with van der Waals surface area (Å²) in [5, 5.41) is 0. The lowest BCUT2D eigenvalue weighted by Crippen LogP contribution is -2.69. The molecule has 3 nitrogen and oxygen atoms in total. The smallest absolute Gasteiger partial charge is 0.298 e. The molecule has 0 aliphatic heterocycles. The van der Waals surface area contributed by atoms with Crippen LogP contribution < -0.4 is 5.73 Å². The molecular weight excluding hydrogens is 256 g/mol. The van der Waals surface area contributed by atoms with Gasteiger partial charge >= 0.3 is 0 Å². The summed E-state index contributed by atoms with van der Waals surface area (Å²) in [6.45, 7) is 13.5. The molecule has 0 aliphatic carbocycles. The number of hydrogen-bond acceptors (Lipinski definition) is 1. The van der Waals surface area contributed by atoms with E-state index in [1.165, 1.54) is 0 Å². The molecule has 0 aliphatic rings. The van der Waals surface area contributed by atoms with E-state index in [1.807, 2.05) is 0 Å². The second-order valence-electron chi connectivity index (χ2n) is 5.24. The number of nitrogens with two attached hydrogens (primary N) is 1. The molecule has 2 amide bonds. The number of carbonyl (C=O) groups is 1. The quantitative estimate of drug-likeness (QED) is 0.662. The molecule has 18 heavy (non-hydrogen) atoms. The molecule has 0 aromatic heterocycles. The maximum atomic E-state index is 12.2. The Labute approximate surface area is 115 Å². The summed E-state index contributed by atoms with van der Waals surface area (Å²) in [4.78, 5) is 12.2. The van der Waals surface area contributed by atoms with Gasteiger partial charge in [-0.15, -0.1) is 0 Å². The molecule has 0 rings (SSSR count). The van der Waals surface area contributed by atoms with Gasteiger partial charge in [-0.25, -0.2) is 0 Å². The summed E-state index contributed by atoms with van der Waals surface area (Å²) in [7, 11) is -3.38. The van der Waals surface area contributed by atoms with Gasteiger partial charge in [0.2, 0.25) is 0 Å². The van der Waals surface area contributed by atoms with Crippen molar-refractivity contribution in [3.63, 3.8) is 0 Å². The largest absolute Gasteiger partial charge is 0.377 e. The highest BCUT2D eigenvalue weighted by Crippen LogP contribution is 2.35. The van der Waals surface area contributed by atoms with Crippen LogP contribution in [0.15, 0.2) is 0 Å². The van der Waals surface area contributed by atoms with Crippen molar-refractivity contribution in [1.82, 2.24) is 4.23 Å². The van der Waals surface area contributed by atoms with Crippen LogP contribution in [0.4, 0.5) is 4.79 Å². The average molecular weight is 289 g/mol. The second kappa shape index (κ2) is 7.33. The lowest BCUT2D eigenvalue weighted by Gasteiger charge is -2.51. The molecule has 0 heterocycles. The Bertz CT molecular complexity index is 227. The molecule has 5 heteroatoms. The third-order valence-electron chi connectivity index (χ3n) is 5.12. The highest BCUT2D eigenvalue weighted by Gasteiger charge is 2.48. The van der Waals surface area contributed by atoms with E-state index in [1.54, 1.807) is 0 Å². The van der Waals surface area contributed by atoms with Crippen molar-refractivity contribution in [1.29, 1.82) is 0 Å². The normalized spacial score (nSPS) is 12.6. The van der Waals surface area contributed by atoms with E-state index in [0.29, 0.717) is 0 Å². The molecule has 0 aromatic rings. The molecule has 0 bridgehead atoms. The van der Waals surface area contributed by atoms with Crippen molar-refractivity contribution in [3.8, 4) is 0 Å². The molecule has 0 saturated heterocycles. The van der Waals surface area contributed by atoms with Crippen LogP contribution in [0.2, 0.25) is 36.3 Å². The van der Waals surface area contributed by atoms with Crippen LogP contribution in [0.1, 0.15) is 41.5 Å². The van der Waals surface area contributed by atoms with Crippen LogP contribution in [0.3, 0.4) is 0 Å². The number of rotatable bonds is 8. The number of amides is 2. The molecule has 0 aromatic carbocycles. The van der Waals surface area contributed by atoms with Gasteiger partial charge in [-0.2, -0.15) is 0 Å². The van der Waals surface area contributed by atoms with E-state index in [4.69, 9.17) is 5.73 Å². The van der Waals surface area contributed by atoms with Crippen LogP contribution in [0.5, 0.6) is 0 Å². The van der Waals surface area contributed by atoms with Crippen LogP contribution >= 0.6 is 0 Å². The highest BCUT2D eigenvalue weighted by atomic mass is 28.4. The summed E-state index contributed by atoms with van der Waals surface area (Å²) in [5.74, 6) is 0. The zero-order valence-electron chi connectivity index (χ0n) is 13.2. The topological polar surface area (TPSA) is 46.3 Å². The Kier molecular flexibility index (Phi) is 7.21. The lowest BCUT2D eigenvalue weighted by molar-refractivity contribution is 0.241. The van der Waals surface area contributed by atoms with E-state index in [-0.39, 0.29) is 6.03 Å². The van der Waals surface area contributed by atoms with Crippen LogP contribution in [-0.4, -0.2) is 26.7 Å². The Hall–Kier alpha value is -0.296. The first-order valence-corrected chi connectivity index (χ1v) is 12.7. The molecule has 108 valence electrons. The number of urea groups is 1. The Morgan fingerprint density at radius 3 is 1.11 bits per heavy atom. The van der Waals surface area contributed by atoms with Gasteiger partial charge in [0, 0.05) is 0 Å². The summed E-state index contributed by atoms with van der Waals surface area (Å²) in [6, 6.07) is 6.68. The summed E-state index contributed by atoms with van der Waals surface area (Å²) in [5.41, 5.74) is 5.82. The van der Waals surface area contributed by atoms with Gasteiger partial charge in [0.15, 0.2) is 16.5 Å². The van der Waals surface area contributed by atoms with Crippen molar-refractivity contribution in [2.75, 3.05) is 0 Å². The van der Waals surface area contributed by atoms with Crippen molar-refractivity contribution < 1.29 is 4.79 Å². The fourth-order valence-corrected chi connectivity index (χ4v) is 16.1. The summed E-state index contributed by atoms with van der Waals surface area (Å²) in [6.07, 6.45) is 0. The fourth-order valence-electron chi connectivity index (χ4n) is 3.42. The van der Waals surface area contributed by atoms with Crippen LogP contribution in [0.25, 0.3) is 0 Å². The van der Waals surface area contributed by atoms with E-state index in [9.17, 15) is 4.79 Å².